The fourth-order valence-electron chi connectivity index (χ4n) is 17.8. The number of amides is 13. The van der Waals surface area contributed by atoms with Crippen molar-refractivity contribution in [2.75, 3.05) is 58.8 Å². The van der Waals surface area contributed by atoms with E-state index in [2.05, 4.69) is 36.9 Å². The van der Waals surface area contributed by atoms with Gasteiger partial charge >= 0.3 is 5.97 Å². The summed E-state index contributed by atoms with van der Waals surface area (Å²) in [6.45, 7) is 3.97. The number of para-hydroxylation sites is 1. The summed E-state index contributed by atoms with van der Waals surface area (Å²) >= 11 is 0.696. The number of phenols is 1. The van der Waals surface area contributed by atoms with E-state index in [0.29, 0.717) is 76.3 Å². The van der Waals surface area contributed by atoms with Crippen molar-refractivity contribution in [1.82, 2.24) is 66.3 Å². The molecule has 39 heteroatoms. The number of nitrogens with zero attached hydrogens (tertiary/aromatic N) is 6. The van der Waals surface area contributed by atoms with Gasteiger partial charge in [0.25, 0.3) is 0 Å². The largest absolute Gasteiger partial charge is 0.508 e. The first-order chi connectivity index (χ1) is 64.3. The Morgan fingerprint density at radius 2 is 1.07 bits per heavy atom. The molecule has 15 N–H and O–H groups in total. The summed E-state index contributed by atoms with van der Waals surface area (Å²) in [6, 6.07) is 11.2. The molecule has 0 unspecified atom stereocenters. The van der Waals surface area contributed by atoms with Gasteiger partial charge in [-0.1, -0.05) is 125 Å². The van der Waals surface area contributed by atoms with Gasteiger partial charge in [-0.15, -0.1) is 11.8 Å². The highest BCUT2D eigenvalue weighted by Gasteiger charge is 2.51. The molecule has 5 heterocycles. The molecular formula is C96H122F3N15O20S. The van der Waals surface area contributed by atoms with Crippen LogP contribution in [0.1, 0.15) is 145 Å². The number of piperidine rings is 1. The van der Waals surface area contributed by atoms with E-state index in [0.717, 1.165) is 24.5 Å². The number of carbonyl (C=O) groups is 16. The molecule has 10 rings (SSSR count). The second kappa shape index (κ2) is 49.0. The number of halogens is 3. The predicted molar refractivity (Wildman–Crippen MR) is 490 cm³/mol. The van der Waals surface area contributed by atoms with Crippen LogP contribution in [0, 0.1) is 29.3 Å². The molecule has 0 aliphatic carbocycles. The Kier molecular flexibility index (Phi) is 37.9. The van der Waals surface area contributed by atoms with E-state index in [-0.39, 0.29) is 95.0 Å². The van der Waals surface area contributed by atoms with Crippen LogP contribution in [0.15, 0.2) is 128 Å². The van der Waals surface area contributed by atoms with Crippen LogP contribution in [-0.4, -0.2) is 293 Å². The number of phenolic OH excluding ortho intramolecular Hbond substituents is 1. The van der Waals surface area contributed by atoms with Gasteiger partial charge in [-0.2, -0.15) is 0 Å². The molecule has 728 valence electrons. The molecule has 4 aliphatic heterocycles. The topological polar surface area (TPSA) is 513 Å². The van der Waals surface area contributed by atoms with Crippen LogP contribution in [0.5, 0.6) is 5.75 Å². The van der Waals surface area contributed by atoms with Crippen molar-refractivity contribution >= 4 is 117 Å². The number of benzene rings is 5. The lowest BCUT2D eigenvalue weighted by Gasteiger charge is -2.38. The van der Waals surface area contributed by atoms with Crippen molar-refractivity contribution in [3.63, 3.8) is 0 Å². The fraction of sp³-hybridized carbons (Fsp3) is 0.500. The number of aromatic nitrogens is 1. The van der Waals surface area contributed by atoms with Gasteiger partial charge < -0.3 is 98.2 Å². The number of unbranched alkanes of at least 4 members (excludes halogenated alkanes) is 1. The number of nitrogens with two attached hydrogens (primary N) is 2. The van der Waals surface area contributed by atoms with Crippen molar-refractivity contribution < 1.29 is 110 Å². The molecule has 15 atom stereocenters. The highest BCUT2D eigenvalue weighted by atomic mass is 32.2. The molecule has 13 amide bonds. The molecule has 4 fully saturated rings. The number of aromatic amines is 1. The monoisotopic (exact) mass is 1890 g/mol. The zero-order valence-corrected chi connectivity index (χ0v) is 77.3. The van der Waals surface area contributed by atoms with Gasteiger partial charge in [0.05, 0.1) is 30.0 Å². The molecular weight excluding hydrogens is 1770 g/mol. The molecule has 4 saturated heterocycles. The molecule has 1 aromatic heterocycles. The van der Waals surface area contributed by atoms with Gasteiger partial charge in [0.15, 0.2) is 29.0 Å². The van der Waals surface area contributed by atoms with Gasteiger partial charge in [-0.05, 0) is 116 Å². The van der Waals surface area contributed by atoms with E-state index in [4.69, 9.17) is 11.5 Å². The number of fused-ring (bicyclic) bond motifs is 4. The van der Waals surface area contributed by atoms with Crippen LogP contribution in [0.4, 0.5) is 13.2 Å². The summed E-state index contributed by atoms with van der Waals surface area (Å²) in [7, 11) is 3.79. The SMILES string of the molecule is CCCC[C@H]1C(=O)N2C[C@H](O)C[C@@H]2C(=O)N2C[C@H](O)C[C@H]2C(=O)C[C@@H](C(C)C)C(=O)N(C)[C@@H](Cc2ccccc2)C(=O)N[C@@H](CCC(=O)O)C(=O)N2CCCC[C@@H]2C(=O)N[C@@H](Cc2c[nH]c3ccccc23)C(=O)N[C@@H](Cc2ccc(O)cc2)C(=O)N[C@@H](CCCN)C(=O)N[C@H](C(=O)CCC(N)=O)CSCC(=O)N[C@@H](Cc2cc(F)c(F)c(F)c2)C(=O)N(C)[C@@H](Cc2ccccc2)C(=O)N1C. The Labute approximate surface area is 784 Å². The normalized spacial score (nSPS) is 25.2. The van der Waals surface area contributed by atoms with E-state index < -0.39 is 271 Å². The van der Waals surface area contributed by atoms with Crippen LogP contribution >= 0.6 is 11.8 Å². The van der Waals surface area contributed by atoms with Gasteiger partial charge in [-0.3, -0.25) is 76.7 Å². The molecule has 5 aromatic carbocycles. The number of hydrogen-bond acceptors (Lipinski definition) is 21. The summed E-state index contributed by atoms with van der Waals surface area (Å²) in [5.74, 6) is -23.6. The van der Waals surface area contributed by atoms with Crippen LogP contribution in [0.3, 0.4) is 0 Å². The molecule has 4 aliphatic rings. The first kappa shape index (κ1) is 104. The number of primary amides is 1. The van der Waals surface area contributed by atoms with Crippen molar-refractivity contribution in [1.29, 1.82) is 0 Å². The predicted octanol–water partition coefficient (Wildman–Crippen LogP) is 3.11. The van der Waals surface area contributed by atoms with Crippen molar-refractivity contribution in [3.05, 3.63) is 173 Å². The number of thioether (sulfide) groups is 1. The number of aliphatic carboxylic acids is 1. The third-order valence-corrected chi connectivity index (χ3v) is 26.4. The Hall–Kier alpha value is -12.6. The smallest absolute Gasteiger partial charge is 0.303 e. The Balaban J connectivity index is 1.06. The molecule has 0 bridgehead atoms. The number of ketones is 2. The zero-order valence-electron chi connectivity index (χ0n) is 76.4. The van der Waals surface area contributed by atoms with Gasteiger partial charge in [0.2, 0.25) is 76.8 Å². The third kappa shape index (κ3) is 28.0. The average Bonchev–Trinajstić information content (AvgIpc) is 1.66. The van der Waals surface area contributed by atoms with E-state index in [1.54, 1.807) is 112 Å². The minimum Gasteiger partial charge on any atom is -0.508 e. The Morgan fingerprint density at radius 3 is 1.70 bits per heavy atom. The van der Waals surface area contributed by atoms with Gasteiger partial charge in [0, 0.05) is 140 Å². The number of carboxylic acid groups (broad SMARTS) is 1. The Bertz CT molecular complexity index is 5230. The first-order valence-corrected chi connectivity index (χ1v) is 46.8. The van der Waals surface area contributed by atoms with E-state index in [1.807, 2.05) is 0 Å². The fourth-order valence-corrected chi connectivity index (χ4v) is 18.7. The lowest BCUT2D eigenvalue weighted by atomic mass is 9.86. The number of aliphatic hydroxyl groups excluding tert-OH is 2. The lowest BCUT2D eigenvalue weighted by Crippen LogP contribution is -2.62. The van der Waals surface area contributed by atoms with Crippen molar-refractivity contribution in [3.8, 4) is 5.75 Å². The number of aromatic hydroxyl groups is 1. The number of rotatable bonds is 24. The number of carbonyl (C=O) groups excluding carboxylic acids is 15. The quantitative estimate of drug-likeness (QED) is 0.0387. The highest BCUT2D eigenvalue weighted by molar-refractivity contribution is 8.00. The van der Waals surface area contributed by atoms with E-state index in [1.165, 1.54) is 50.3 Å². The summed E-state index contributed by atoms with van der Waals surface area (Å²) in [5, 5.41) is 60.5. The van der Waals surface area contributed by atoms with Crippen molar-refractivity contribution in [2.45, 2.75) is 234 Å². The van der Waals surface area contributed by atoms with Crippen molar-refractivity contribution in [2.24, 2.45) is 23.3 Å². The third-order valence-electron chi connectivity index (χ3n) is 25.4. The van der Waals surface area contributed by atoms with Gasteiger partial charge in [-0.25, -0.2) is 13.2 Å². The van der Waals surface area contributed by atoms with Crippen LogP contribution in [-0.2, 0) is 109 Å². The summed E-state index contributed by atoms with van der Waals surface area (Å²) in [4.78, 5) is 249. The maximum absolute atomic E-state index is 15.8. The standard InChI is InChI=1S/C96H122F3N15O20S/c1-7-8-27-75-95(133)114-51-62(117)47-79(114)96(134)113-50-61(116)46-76(113)81(119)48-64(54(2)3)91(129)110(5)77(43-55-20-11-9-12-21-55)90(128)105-69(33-36-84(122)123)93(131)112-38-18-17-28-74(112)89(127)107-71(45-59-49-102-67-25-16-15-24-63(59)67)88(126)106-70(41-57-29-31-60(115)32-30-57)87(125)104-68(26-19-37-100)86(124)108-73(80(118)34-35-82(101)120)52-135-53-83(121)103-72(42-58-39-65(97)85(99)66(98)40-58)92(130)111(6)78(94(132)109(75)4)44-56-22-13-10-14-23-56/h9-16,20-25,29-32,39-40,49,54,61-62,64,68-79,102,115-117H,7-8,17-19,26-28,33-38,41-48,50-53,100H2,1-6H3,(H2,101,120)(H,103,121)(H,104,125)(H,105,128)(H,106,126)(H,107,127)(H,108,124)(H,122,123)/t61-,62-,64+,68+,69+,70+,71+,72+,73+,74-,75+,76+,77+,78+,79-/m1/s1. The van der Waals surface area contributed by atoms with E-state index >= 15 is 61.5 Å². The zero-order chi connectivity index (χ0) is 98.2. The molecule has 35 nitrogen and oxygen atoms in total. The lowest BCUT2D eigenvalue weighted by molar-refractivity contribution is -0.154. The second-order valence-electron chi connectivity index (χ2n) is 35.5. The highest BCUT2D eigenvalue weighted by Crippen LogP contribution is 2.33. The summed E-state index contributed by atoms with van der Waals surface area (Å²) in [5.41, 5.74) is 13.6. The van der Waals surface area contributed by atoms with E-state index in [9.17, 15) is 48.8 Å². The minimum atomic E-state index is -1.87. The Morgan fingerprint density at radius 1 is 0.519 bits per heavy atom. The number of Topliss-reactive ketones (excluding diaryl/α,β-unsaturated/α-hetero) is 2. The molecule has 0 spiro atoms. The molecule has 0 radical (unpaired) electrons. The molecule has 0 saturated carbocycles. The van der Waals surface area contributed by atoms with Gasteiger partial charge in [0.1, 0.15) is 66.2 Å². The maximum Gasteiger partial charge on any atom is 0.303 e. The summed E-state index contributed by atoms with van der Waals surface area (Å²) < 4.78 is 45.2. The number of nitrogens with one attached hydrogen (secondary N) is 7. The molecule has 135 heavy (non-hydrogen) atoms. The minimum absolute atomic E-state index is 0.0366. The number of aliphatic hydroxyl groups is 2. The second-order valence-corrected chi connectivity index (χ2v) is 36.6. The molecule has 6 aromatic rings. The number of likely N-dealkylation sites (N-methyl/N-ethyl adjacent to an activating group) is 3. The number of hydrogen-bond donors (Lipinski definition) is 13. The maximum atomic E-state index is 15.8. The summed E-state index contributed by atoms with van der Waals surface area (Å²) in [6.07, 6.45) is -5.71. The number of H-pyrrole nitrogens is 1. The van der Waals surface area contributed by atoms with Crippen LogP contribution in [0.25, 0.3) is 10.9 Å². The van der Waals surface area contributed by atoms with Crippen LogP contribution in [0.2, 0.25) is 0 Å². The average molecular weight is 1900 g/mol. The number of carboxylic acids is 1. The van der Waals surface area contributed by atoms with Crippen LogP contribution < -0.4 is 43.4 Å². The first-order valence-electron chi connectivity index (χ1n) is 45.6.